The zero-order valence-corrected chi connectivity index (χ0v) is 10.9. The molecule has 0 aliphatic rings. The van der Waals surface area contributed by atoms with Crippen LogP contribution in [0.1, 0.15) is 5.56 Å². The first-order chi connectivity index (χ1) is 9.92. The monoisotopic (exact) mass is 262 g/mol. The zero-order valence-electron chi connectivity index (χ0n) is 10.9. The Morgan fingerprint density at radius 3 is 2.30 bits per heavy atom. The van der Waals surface area contributed by atoms with Crippen LogP contribution in [-0.2, 0) is 6.54 Å². The van der Waals surface area contributed by atoms with Gasteiger partial charge in [-0.2, -0.15) is 0 Å². The van der Waals surface area contributed by atoms with Crippen molar-refractivity contribution in [2.75, 3.05) is 0 Å². The minimum Gasteiger partial charge on any atom is -0.310 e. The molecule has 0 N–H and O–H groups in total. The second-order valence-electron chi connectivity index (χ2n) is 4.38. The lowest BCUT2D eigenvalue weighted by Crippen LogP contribution is -1.96. The van der Waals surface area contributed by atoms with E-state index in [4.69, 9.17) is 0 Å². The summed E-state index contributed by atoms with van der Waals surface area (Å²) in [6, 6.07) is 19.9. The molecule has 3 rings (SSSR count). The van der Waals surface area contributed by atoms with Crippen molar-refractivity contribution in [2.45, 2.75) is 6.54 Å². The molecule has 4 nitrogen and oxygen atoms in total. The van der Waals surface area contributed by atoms with Gasteiger partial charge in [0.05, 0.1) is 12.2 Å². The Kier molecular flexibility index (Phi) is 3.64. The van der Waals surface area contributed by atoms with Crippen LogP contribution in [0.15, 0.2) is 83.3 Å². The summed E-state index contributed by atoms with van der Waals surface area (Å²) in [7, 11) is 0. The fourth-order valence-corrected chi connectivity index (χ4v) is 1.91. The van der Waals surface area contributed by atoms with Crippen LogP contribution in [0, 0.1) is 0 Å². The average molecular weight is 262 g/mol. The van der Waals surface area contributed by atoms with Gasteiger partial charge in [0.2, 0.25) is 5.95 Å². The highest BCUT2D eigenvalue weighted by atomic mass is 15.3. The molecule has 20 heavy (non-hydrogen) atoms. The minimum atomic E-state index is 0.609. The van der Waals surface area contributed by atoms with E-state index in [0.29, 0.717) is 5.95 Å². The SMILES string of the molecule is c1ccc(Cn2ccnc2N=Nc2ccccc2)cc1. The van der Waals surface area contributed by atoms with E-state index < -0.39 is 0 Å². The average Bonchev–Trinajstić information content (AvgIpc) is 2.94. The lowest BCUT2D eigenvalue weighted by molar-refractivity contribution is 0.791. The summed E-state index contributed by atoms with van der Waals surface area (Å²) in [6.45, 7) is 0.740. The van der Waals surface area contributed by atoms with Crippen LogP contribution < -0.4 is 0 Å². The van der Waals surface area contributed by atoms with E-state index in [1.54, 1.807) is 6.20 Å². The van der Waals surface area contributed by atoms with Crippen molar-refractivity contribution >= 4 is 11.6 Å². The number of hydrogen-bond acceptors (Lipinski definition) is 3. The molecule has 98 valence electrons. The molecule has 0 radical (unpaired) electrons. The molecular formula is C16H14N4. The molecule has 0 saturated carbocycles. The summed E-state index contributed by atoms with van der Waals surface area (Å²) in [5.41, 5.74) is 2.03. The van der Waals surface area contributed by atoms with Gasteiger partial charge in [0, 0.05) is 12.4 Å². The number of azo groups is 1. The van der Waals surface area contributed by atoms with Crippen molar-refractivity contribution in [3.05, 3.63) is 78.6 Å². The number of rotatable bonds is 4. The van der Waals surface area contributed by atoms with Gasteiger partial charge in [0.25, 0.3) is 0 Å². The van der Waals surface area contributed by atoms with Crippen LogP contribution in [-0.4, -0.2) is 9.55 Å². The highest BCUT2D eigenvalue weighted by Gasteiger charge is 2.02. The first-order valence-corrected chi connectivity index (χ1v) is 6.44. The molecule has 0 saturated heterocycles. The standard InChI is InChI=1S/C16H14N4/c1-3-7-14(8-4-1)13-20-12-11-17-16(20)19-18-15-9-5-2-6-10-15/h1-12H,13H2. The van der Waals surface area contributed by atoms with Crippen LogP contribution in [0.3, 0.4) is 0 Å². The largest absolute Gasteiger partial charge is 0.310 e. The Morgan fingerprint density at radius 1 is 0.850 bits per heavy atom. The van der Waals surface area contributed by atoms with Gasteiger partial charge in [0.1, 0.15) is 0 Å². The maximum Gasteiger partial charge on any atom is 0.249 e. The van der Waals surface area contributed by atoms with Gasteiger partial charge in [0.15, 0.2) is 0 Å². The van der Waals surface area contributed by atoms with Crippen LogP contribution in [0.4, 0.5) is 11.6 Å². The Labute approximate surface area is 117 Å². The van der Waals surface area contributed by atoms with Crippen molar-refractivity contribution in [1.29, 1.82) is 0 Å². The third-order valence-corrected chi connectivity index (χ3v) is 2.90. The molecule has 0 atom stereocenters. The van der Waals surface area contributed by atoms with Crippen LogP contribution >= 0.6 is 0 Å². The van der Waals surface area contributed by atoms with Gasteiger partial charge >= 0.3 is 0 Å². The maximum absolute atomic E-state index is 4.23. The second-order valence-corrected chi connectivity index (χ2v) is 4.38. The smallest absolute Gasteiger partial charge is 0.249 e. The molecule has 1 heterocycles. The van der Waals surface area contributed by atoms with E-state index in [1.807, 2.05) is 59.3 Å². The van der Waals surface area contributed by atoms with Gasteiger partial charge in [-0.1, -0.05) is 48.5 Å². The topological polar surface area (TPSA) is 42.5 Å². The van der Waals surface area contributed by atoms with Gasteiger partial charge in [-0.3, -0.25) is 0 Å². The molecule has 0 aliphatic carbocycles. The predicted molar refractivity (Wildman–Crippen MR) is 78.4 cm³/mol. The lowest BCUT2D eigenvalue weighted by atomic mass is 10.2. The third kappa shape index (κ3) is 2.98. The van der Waals surface area contributed by atoms with Crippen molar-refractivity contribution in [2.24, 2.45) is 10.2 Å². The van der Waals surface area contributed by atoms with Gasteiger partial charge in [-0.15, -0.1) is 10.2 Å². The Balaban J connectivity index is 1.79. The molecule has 1 aromatic heterocycles. The number of aromatic nitrogens is 2. The van der Waals surface area contributed by atoms with Crippen molar-refractivity contribution in [3.8, 4) is 0 Å². The summed E-state index contributed by atoms with van der Waals surface area (Å²) >= 11 is 0. The Hall–Kier alpha value is -2.75. The molecule has 0 unspecified atom stereocenters. The van der Waals surface area contributed by atoms with E-state index >= 15 is 0 Å². The summed E-state index contributed by atoms with van der Waals surface area (Å²) in [5.74, 6) is 0.609. The summed E-state index contributed by atoms with van der Waals surface area (Å²) < 4.78 is 1.97. The highest BCUT2D eigenvalue weighted by molar-refractivity contribution is 5.35. The number of benzene rings is 2. The highest BCUT2D eigenvalue weighted by Crippen LogP contribution is 2.17. The normalized spacial score (nSPS) is 11.0. The van der Waals surface area contributed by atoms with Gasteiger partial charge < -0.3 is 4.57 Å². The minimum absolute atomic E-state index is 0.609. The Bertz CT molecular complexity index is 687. The summed E-state index contributed by atoms with van der Waals surface area (Å²) in [4.78, 5) is 4.23. The second kappa shape index (κ2) is 5.93. The number of nitrogens with zero attached hydrogens (tertiary/aromatic N) is 4. The fraction of sp³-hybridized carbons (Fsp3) is 0.0625. The summed E-state index contributed by atoms with van der Waals surface area (Å²) in [5, 5.41) is 8.40. The zero-order chi connectivity index (χ0) is 13.6. The Morgan fingerprint density at radius 2 is 1.55 bits per heavy atom. The molecule has 0 spiro atoms. The van der Waals surface area contributed by atoms with Gasteiger partial charge in [-0.25, -0.2) is 4.98 Å². The molecule has 0 bridgehead atoms. The fourth-order valence-electron chi connectivity index (χ4n) is 1.91. The predicted octanol–water partition coefficient (Wildman–Crippen LogP) is 4.35. The lowest BCUT2D eigenvalue weighted by Gasteiger charge is -2.03. The quantitative estimate of drug-likeness (QED) is 0.644. The third-order valence-electron chi connectivity index (χ3n) is 2.90. The van der Waals surface area contributed by atoms with E-state index in [-0.39, 0.29) is 0 Å². The maximum atomic E-state index is 4.23. The van der Waals surface area contributed by atoms with E-state index in [2.05, 4.69) is 27.3 Å². The van der Waals surface area contributed by atoms with Crippen molar-refractivity contribution in [1.82, 2.24) is 9.55 Å². The van der Waals surface area contributed by atoms with Crippen molar-refractivity contribution in [3.63, 3.8) is 0 Å². The number of imidazole rings is 1. The first kappa shape index (κ1) is 12.3. The first-order valence-electron chi connectivity index (χ1n) is 6.44. The number of hydrogen-bond donors (Lipinski definition) is 0. The van der Waals surface area contributed by atoms with Crippen LogP contribution in [0.2, 0.25) is 0 Å². The van der Waals surface area contributed by atoms with E-state index in [0.717, 1.165) is 12.2 Å². The van der Waals surface area contributed by atoms with Crippen LogP contribution in [0.25, 0.3) is 0 Å². The molecular weight excluding hydrogens is 248 g/mol. The molecule has 2 aromatic carbocycles. The van der Waals surface area contributed by atoms with Crippen molar-refractivity contribution < 1.29 is 0 Å². The molecule has 0 fully saturated rings. The molecule has 0 aliphatic heterocycles. The van der Waals surface area contributed by atoms with Crippen LogP contribution in [0.5, 0.6) is 0 Å². The van der Waals surface area contributed by atoms with Gasteiger partial charge in [-0.05, 0) is 17.7 Å². The van der Waals surface area contributed by atoms with E-state index in [1.165, 1.54) is 5.56 Å². The molecule has 4 heteroatoms. The van der Waals surface area contributed by atoms with E-state index in [9.17, 15) is 0 Å². The summed E-state index contributed by atoms with van der Waals surface area (Å²) in [6.07, 6.45) is 3.65. The molecule has 3 aromatic rings. The molecule has 0 amide bonds.